The molecule has 0 bridgehead atoms. The molecule has 8 heteroatoms. The molecular formula is C26H25N3O4S. The van der Waals surface area contributed by atoms with Gasteiger partial charge in [0.15, 0.2) is 0 Å². The molecule has 7 nitrogen and oxygen atoms in total. The summed E-state index contributed by atoms with van der Waals surface area (Å²) in [6.07, 6.45) is 1.33. The molecule has 5 rings (SSSR count). The number of carbonyl (C=O) groups is 3. The molecule has 3 aromatic rings. The van der Waals surface area contributed by atoms with Gasteiger partial charge in [-0.15, -0.1) is 11.3 Å². The number of ether oxygens (including phenoxy) is 1. The van der Waals surface area contributed by atoms with E-state index in [-0.39, 0.29) is 23.8 Å². The maximum atomic E-state index is 13.5. The number of thiophene rings is 1. The van der Waals surface area contributed by atoms with Gasteiger partial charge in [-0.25, -0.2) is 0 Å². The summed E-state index contributed by atoms with van der Waals surface area (Å²) in [5.41, 5.74) is 2.83. The van der Waals surface area contributed by atoms with Crippen molar-refractivity contribution in [2.24, 2.45) is 0 Å². The number of hydrogen-bond donors (Lipinski definition) is 2. The maximum absolute atomic E-state index is 13.5. The molecule has 2 unspecified atom stereocenters. The molecule has 174 valence electrons. The molecule has 34 heavy (non-hydrogen) atoms. The molecule has 3 amide bonds. The van der Waals surface area contributed by atoms with Crippen LogP contribution in [0.4, 0.5) is 5.69 Å². The molecule has 0 radical (unpaired) electrons. The number of nitrogens with one attached hydrogen (secondary N) is 2. The zero-order valence-corrected chi connectivity index (χ0v) is 19.6. The number of rotatable bonds is 5. The van der Waals surface area contributed by atoms with Gasteiger partial charge >= 0.3 is 0 Å². The molecule has 2 atom stereocenters. The number of amides is 3. The number of hydrogen-bond acceptors (Lipinski definition) is 5. The van der Waals surface area contributed by atoms with Crippen molar-refractivity contribution in [3.05, 3.63) is 70.4 Å². The zero-order valence-electron chi connectivity index (χ0n) is 18.7. The van der Waals surface area contributed by atoms with E-state index in [0.29, 0.717) is 37.1 Å². The highest BCUT2D eigenvalue weighted by molar-refractivity contribution is 7.10. The van der Waals surface area contributed by atoms with Gasteiger partial charge in [0.25, 0.3) is 5.91 Å². The highest BCUT2D eigenvalue weighted by atomic mass is 32.1. The Hall–Kier alpha value is -3.65. The third-order valence-corrected chi connectivity index (χ3v) is 7.25. The summed E-state index contributed by atoms with van der Waals surface area (Å²) >= 11 is 1.55. The fourth-order valence-corrected chi connectivity index (χ4v) is 5.31. The molecule has 1 aromatic heterocycles. The molecule has 2 aliphatic rings. The first kappa shape index (κ1) is 22.2. The summed E-state index contributed by atoms with van der Waals surface area (Å²) in [6, 6.07) is 16.2. The van der Waals surface area contributed by atoms with Crippen LogP contribution in [0.15, 0.2) is 60.0 Å². The van der Waals surface area contributed by atoms with Crippen molar-refractivity contribution < 1.29 is 19.1 Å². The van der Waals surface area contributed by atoms with Crippen LogP contribution in [0.2, 0.25) is 0 Å². The first-order valence-corrected chi connectivity index (χ1v) is 12.1. The minimum absolute atomic E-state index is 0.0614. The second kappa shape index (κ2) is 9.30. The van der Waals surface area contributed by atoms with Gasteiger partial charge in [0, 0.05) is 17.5 Å². The van der Waals surface area contributed by atoms with E-state index in [1.54, 1.807) is 29.4 Å². The smallest absolute Gasteiger partial charge is 0.256 e. The van der Waals surface area contributed by atoms with Gasteiger partial charge in [-0.2, -0.15) is 0 Å². The van der Waals surface area contributed by atoms with Crippen molar-refractivity contribution in [3.63, 3.8) is 0 Å². The second-order valence-corrected chi connectivity index (χ2v) is 9.57. The number of fused-ring (bicyclic) bond motifs is 2. The van der Waals surface area contributed by atoms with Crippen molar-refractivity contribution >= 4 is 34.7 Å². The van der Waals surface area contributed by atoms with E-state index < -0.39 is 6.04 Å². The number of carbonyl (C=O) groups excluding carboxylic acids is 3. The third-order valence-electron chi connectivity index (χ3n) is 6.38. The maximum Gasteiger partial charge on any atom is 0.256 e. The molecule has 0 spiro atoms. The summed E-state index contributed by atoms with van der Waals surface area (Å²) < 4.78 is 5.22. The molecule has 2 aliphatic heterocycles. The van der Waals surface area contributed by atoms with Gasteiger partial charge in [0.1, 0.15) is 11.8 Å². The molecule has 2 aromatic carbocycles. The molecule has 0 saturated carbocycles. The van der Waals surface area contributed by atoms with Gasteiger partial charge in [0.05, 0.1) is 24.8 Å². The lowest BCUT2D eigenvalue weighted by Crippen LogP contribution is -2.55. The van der Waals surface area contributed by atoms with Crippen LogP contribution >= 0.6 is 11.3 Å². The highest BCUT2D eigenvalue weighted by Gasteiger charge is 2.40. The van der Waals surface area contributed by atoms with Crippen LogP contribution in [0, 0.1) is 0 Å². The van der Waals surface area contributed by atoms with Crippen LogP contribution in [0.1, 0.15) is 28.1 Å². The van der Waals surface area contributed by atoms with Gasteiger partial charge in [-0.1, -0.05) is 24.3 Å². The van der Waals surface area contributed by atoms with Crippen LogP contribution in [0.25, 0.3) is 11.1 Å². The average Bonchev–Trinajstić information content (AvgIpc) is 3.33. The van der Waals surface area contributed by atoms with Crippen molar-refractivity contribution in [3.8, 4) is 16.9 Å². The van der Waals surface area contributed by atoms with E-state index >= 15 is 0 Å². The normalized spacial score (nSPS) is 19.5. The number of benzene rings is 2. The lowest BCUT2D eigenvalue weighted by Gasteiger charge is -2.37. The van der Waals surface area contributed by atoms with Crippen molar-refractivity contribution in [1.29, 1.82) is 0 Å². The SMILES string of the molecule is COc1ccc(-c2ccc3c(c2)C(=O)N2CCC(NC(=O)Cc4cccs4)CC2C(=O)N3)cc1. The van der Waals surface area contributed by atoms with E-state index in [2.05, 4.69) is 10.6 Å². The summed E-state index contributed by atoms with van der Waals surface area (Å²) in [7, 11) is 1.62. The van der Waals surface area contributed by atoms with Crippen LogP contribution in [-0.2, 0) is 16.0 Å². The Morgan fingerprint density at radius 1 is 1.15 bits per heavy atom. The largest absolute Gasteiger partial charge is 0.497 e. The lowest BCUT2D eigenvalue weighted by molar-refractivity contribution is -0.124. The second-order valence-electron chi connectivity index (χ2n) is 8.54. The van der Waals surface area contributed by atoms with Crippen LogP contribution in [0.3, 0.4) is 0 Å². The minimum Gasteiger partial charge on any atom is -0.497 e. The fourth-order valence-electron chi connectivity index (χ4n) is 4.60. The van der Waals surface area contributed by atoms with E-state index in [1.165, 1.54) is 0 Å². The number of piperidine rings is 1. The van der Waals surface area contributed by atoms with E-state index in [0.717, 1.165) is 21.8 Å². The van der Waals surface area contributed by atoms with Gasteiger partial charge in [-0.3, -0.25) is 14.4 Å². The first-order chi connectivity index (χ1) is 16.5. The average molecular weight is 476 g/mol. The fraction of sp³-hybridized carbons (Fsp3) is 0.269. The predicted molar refractivity (Wildman–Crippen MR) is 131 cm³/mol. The Balaban J connectivity index is 1.33. The Morgan fingerprint density at radius 3 is 2.68 bits per heavy atom. The molecule has 1 fully saturated rings. The van der Waals surface area contributed by atoms with E-state index in [4.69, 9.17) is 4.74 Å². The van der Waals surface area contributed by atoms with Gasteiger partial charge in [-0.05, 0) is 59.7 Å². The summed E-state index contributed by atoms with van der Waals surface area (Å²) in [5, 5.41) is 7.92. The lowest BCUT2D eigenvalue weighted by atomic mass is 9.95. The molecular weight excluding hydrogens is 450 g/mol. The van der Waals surface area contributed by atoms with Crippen LogP contribution < -0.4 is 15.4 Å². The summed E-state index contributed by atoms with van der Waals surface area (Å²) in [5.74, 6) is 0.308. The standard InChI is InChI=1S/C26H25N3O4S/c1-33-19-7-4-16(5-8-19)17-6-9-22-21(13-17)26(32)29-11-10-18(14-23(29)25(31)28-22)27-24(30)15-20-3-2-12-34-20/h2-9,12-13,18,23H,10-11,14-15H2,1H3,(H,27,30)(H,28,31). The van der Waals surface area contributed by atoms with Gasteiger partial charge < -0.3 is 20.3 Å². The topological polar surface area (TPSA) is 87.7 Å². The Morgan fingerprint density at radius 2 is 1.94 bits per heavy atom. The highest BCUT2D eigenvalue weighted by Crippen LogP contribution is 2.32. The number of nitrogens with zero attached hydrogens (tertiary/aromatic N) is 1. The number of anilines is 1. The summed E-state index contributed by atoms with van der Waals surface area (Å²) in [6.45, 7) is 0.410. The Bertz CT molecular complexity index is 1220. The van der Waals surface area contributed by atoms with E-state index in [9.17, 15) is 14.4 Å². The van der Waals surface area contributed by atoms with Crippen LogP contribution in [-0.4, -0.2) is 48.4 Å². The van der Waals surface area contributed by atoms with E-state index in [1.807, 2.05) is 53.9 Å². The first-order valence-electron chi connectivity index (χ1n) is 11.2. The van der Waals surface area contributed by atoms with Crippen molar-refractivity contribution in [2.75, 3.05) is 19.0 Å². The minimum atomic E-state index is -0.620. The predicted octanol–water partition coefficient (Wildman–Crippen LogP) is 3.71. The van der Waals surface area contributed by atoms with Crippen molar-refractivity contribution in [2.45, 2.75) is 31.3 Å². The number of methoxy groups -OCH3 is 1. The molecule has 0 aliphatic carbocycles. The third kappa shape index (κ3) is 4.41. The summed E-state index contributed by atoms with van der Waals surface area (Å²) in [4.78, 5) is 41.6. The molecule has 2 N–H and O–H groups in total. The monoisotopic (exact) mass is 475 g/mol. The molecule has 1 saturated heterocycles. The van der Waals surface area contributed by atoms with Crippen LogP contribution in [0.5, 0.6) is 5.75 Å². The van der Waals surface area contributed by atoms with Crippen molar-refractivity contribution in [1.82, 2.24) is 10.2 Å². The Labute approximate surface area is 201 Å². The zero-order chi connectivity index (χ0) is 23.7. The Kier molecular flexibility index (Phi) is 6.06. The quantitative estimate of drug-likeness (QED) is 0.589. The van der Waals surface area contributed by atoms with Gasteiger partial charge in [0.2, 0.25) is 11.8 Å². The molecule has 3 heterocycles.